The summed E-state index contributed by atoms with van der Waals surface area (Å²) in [6.45, 7) is 3.12. The van der Waals surface area contributed by atoms with E-state index in [-0.39, 0.29) is 23.8 Å². The number of aromatic amines is 1. The van der Waals surface area contributed by atoms with Crippen molar-refractivity contribution in [3.8, 4) is 5.75 Å². The summed E-state index contributed by atoms with van der Waals surface area (Å²) >= 11 is 0. The van der Waals surface area contributed by atoms with Crippen LogP contribution in [0, 0.1) is 11.6 Å². The third kappa shape index (κ3) is 5.41. The van der Waals surface area contributed by atoms with Crippen LogP contribution < -0.4 is 9.64 Å². The lowest BCUT2D eigenvalue weighted by atomic mass is 9.99. The van der Waals surface area contributed by atoms with Crippen molar-refractivity contribution in [2.24, 2.45) is 0 Å². The van der Waals surface area contributed by atoms with Gasteiger partial charge in [0.25, 0.3) is 5.91 Å². The fraction of sp³-hybridized carbons (Fsp3) is 0.345. The number of nitrogens with one attached hydrogen (secondary N) is 1. The molecule has 1 saturated heterocycles. The van der Waals surface area contributed by atoms with E-state index in [1.165, 1.54) is 13.2 Å². The number of halogens is 2. The summed E-state index contributed by atoms with van der Waals surface area (Å²) in [5.74, 6) is -0.328. The first-order valence-electron chi connectivity index (χ1n) is 13.8. The number of nitrogens with zero attached hydrogens (tertiary/aromatic N) is 7. The molecule has 11 nitrogen and oxygen atoms in total. The Morgan fingerprint density at radius 3 is 2.67 bits per heavy atom. The van der Waals surface area contributed by atoms with E-state index in [0.717, 1.165) is 11.8 Å². The molecule has 2 aliphatic rings. The molecule has 13 heteroatoms. The third-order valence-electron chi connectivity index (χ3n) is 7.73. The summed E-state index contributed by atoms with van der Waals surface area (Å²) < 4.78 is 36.2. The Hall–Kier alpha value is -4.81. The number of hydrogen-bond acceptors (Lipinski definition) is 7. The smallest absolute Gasteiger partial charge is 0.270 e. The molecule has 0 bridgehead atoms. The first-order chi connectivity index (χ1) is 20.4. The minimum absolute atomic E-state index is 0.0286. The van der Waals surface area contributed by atoms with Gasteiger partial charge in [-0.25, -0.2) is 13.8 Å². The fourth-order valence-electron chi connectivity index (χ4n) is 5.49. The van der Waals surface area contributed by atoms with Gasteiger partial charge in [0.1, 0.15) is 11.5 Å². The minimum atomic E-state index is -0.483. The van der Waals surface area contributed by atoms with Gasteiger partial charge in [0.2, 0.25) is 5.91 Å². The molecule has 5 heterocycles. The van der Waals surface area contributed by atoms with Crippen LogP contribution in [0.1, 0.15) is 28.9 Å². The van der Waals surface area contributed by atoms with E-state index in [1.54, 1.807) is 45.1 Å². The van der Waals surface area contributed by atoms with Gasteiger partial charge in [-0.15, -0.1) is 5.10 Å². The van der Waals surface area contributed by atoms with Crippen molar-refractivity contribution < 1.29 is 23.1 Å². The number of methoxy groups -OCH3 is 1. The quantitative estimate of drug-likeness (QED) is 0.360. The predicted molar refractivity (Wildman–Crippen MR) is 151 cm³/mol. The van der Waals surface area contributed by atoms with Crippen LogP contribution in [0.4, 0.5) is 14.6 Å². The maximum absolute atomic E-state index is 15.8. The Morgan fingerprint density at radius 2 is 1.90 bits per heavy atom. The van der Waals surface area contributed by atoms with Gasteiger partial charge in [0, 0.05) is 68.9 Å². The predicted octanol–water partition coefficient (Wildman–Crippen LogP) is 3.11. The second kappa shape index (κ2) is 11.6. The molecule has 2 amide bonds. The van der Waals surface area contributed by atoms with Gasteiger partial charge >= 0.3 is 0 Å². The lowest BCUT2D eigenvalue weighted by Gasteiger charge is -2.35. The SMILES string of the molecule is COc1cc(F)cnc1N1CCN(C(=O)c2cc3ccc(C4=CCCN(C(=O)CCn5ccnn5)C4)c(F)c3[nH]2)CC1. The van der Waals surface area contributed by atoms with E-state index in [0.29, 0.717) is 80.4 Å². The van der Waals surface area contributed by atoms with E-state index in [2.05, 4.69) is 20.3 Å². The van der Waals surface area contributed by atoms with Crippen LogP contribution >= 0.6 is 0 Å². The second-order valence-electron chi connectivity index (χ2n) is 10.3. The van der Waals surface area contributed by atoms with Crippen LogP contribution in [0.5, 0.6) is 5.75 Å². The summed E-state index contributed by atoms with van der Waals surface area (Å²) in [6, 6.07) is 6.44. The summed E-state index contributed by atoms with van der Waals surface area (Å²) in [6.07, 6.45) is 7.28. The van der Waals surface area contributed by atoms with Gasteiger partial charge in [-0.05, 0) is 18.1 Å². The number of hydrogen-bond donors (Lipinski definition) is 1. The highest BCUT2D eigenvalue weighted by molar-refractivity contribution is 5.99. The molecule has 4 aromatic rings. The number of amides is 2. The van der Waals surface area contributed by atoms with Gasteiger partial charge in [0.05, 0.1) is 31.6 Å². The number of rotatable bonds is 7. The van der Waals surface area contributed by atoms with Crippen molar-refractivity contribution in [2.45, 2.75) is 19.4 Å². The fourth-order valence-corrected chi connectivity index (χ4v) is 5.49. The summed E-state index contributed by atoms with van der Waals surface area (Å²) in [5, 5.41) is 8.23. The van der Waals surface area contributed by atoms with Gasteiger partial charge in [-0.2, -0.15) is 0 Å². The highest BCUT2D eigenvalue weighted by atomic mass is 19.1. The molecule has 2 aliphatic heterocycles. The van der Waals surface area contributed by atoms with E-state index in [4.69, 9.17) is 4.74 Å². The number of carbonyl (C=O) groups is 2. The Bertz CT molecular complexity index is 1640. The molecule has 0 atom stereocenters. The van der Waals surface area contributed by atoms with Gasteiger partial charge in [-0.3, -0.25) is 14.3 Å². The number of anilines is 1. The molecule has 0 spiro atoms. The first-order valence-corrected chi connectivity index (χ1v) is 13.8. The van der Waals surface area contributed by atoms with Crippen LogP contribution in [-0.4, -0.2) is 93.0 Å². The maximum Gasteiger partial charge on any atom is 0.270 e. The van der Waals surface area contributed by atoms with Crippen LogP contribution in [0.3, 0.4) is 0 Å². The highest BCUT2D eigenvalue weighted by Gasteiger charge is 2.27. The molecular weight excluding hydrogens is 546 g/mol. The number of H-pyrrole nitrogens is 1. The van der Waals surface area contributed by atoms with Crippen molar-refractivity contribution in [3.05, 3.63) is 71.8 Å². The molecule has 6 rings (SSSR count). The molecular formula is C29H30F2N8O3. The third-order valence-corrected chi connectivity index (χ3v) is 7.73. The molecule has 3 aromatic heterocycles. The summed E-state index contributed by atoms with van der Waals surface area (Å²) in [5.41, 5.74) is 1.70. The zero-order valence-electron chi connectivity index (χ0n) is 23.1. The highest BCUT2D eigenvalue weighted by Crippen LogP contribution is 2.30. The standard InChI is InChI=1S/C29H30F2N8O3/c1-42-24-16-21(30)17-32-28(24)36-11-13-37(14-12-36)29(41)23-15-19-4-5-22(26(31)27(19)34-23)20-3-2-8-38(18-20)25(40)6-9-39-10-7-33-35-39/h3-5,7,10,15-17,34H,2,6,8-9,11-14,18H2,1H3. The molecule has 218 valence electrons. The Balaban J connectivity index is 1.13. The largest absolute Gasteiger partial charge is 0.493 e. The number of piperazine rings is 1. The van der Waals surface area contributed by atoms with Crippen molar-refractivity contribution in [3.63, 3.8) is 0 Å². The van der Waals surface area contributed by atoms with E-state index >= 15 is 4.39 Å². The van der Waals surface area contributed by atoms with E-state index < -0.39 is 11.6 Å². The van der Waals surface area contributed by atoms with Crippen molar-refractivity contribution >= 4 is 34.1 Å². The number of aromatic nitrogens is 5. The average Bonchev–Trinajstić information content (AvgIpc) is 3.71. The van der Waals surface area contributed by atoms with Crippen LogP contribution in [0.25, 0.3) is 16.5 Å². The monoisotopic (exact) mass is 576 g/mol. The number of fused-ring (bicyclic) bond motifs is 1. The van der Waals surface area contributed by atoms with Crippen molar-refractivity contribution in [2.75, 3.05) is 51.3 Å². The zero-order valence-corrected chi connectivity index (χ0v) is 23.1. The minimum Gasteiger partial charge on any atom is -0.493 e. The number of ether oxygens (including phenoxy) is 1. The lowest BCUT2D eigenvalue weighted by molar-refractivity contribution is -0.131. The second-order valence-corrected chi connectivity index (χ2v) is 10.3. The summed E-state index contributed by atoms with van der Waals surface area (Å²) in [7, 11) is 1.46. The summed E-state index contributed by atoms with van der Waals surface area (Å²) in [4.78, 5) is 38.7. The number of carbonyl (C=O) groups excluding carboxylic acids is 2. The molecule has 0 radical (unpaired) electrons. The van der Waals surface area contributed by atoms with Gasteiger partial charge < -0.3 is 24.4 Å². The molecule has 42 heavy (non-hydrogen) atoms. The van der Waals surface area contributed by atoms with E-state index in [1.807, 2.05) is 11.0 Å². The number of benzene rings is 1. The van der Waals surface area contributed by atoms with Crippen LogP contribution in [-0.2, 0) is 11.3 Å². The van der Waals surface area contributed by atoms with Gasteiger partial charge in [-0.1, -0.05) is 23.4 Å². The topological polar surface area (TPSA) is 112 Å². The van der Waals surface area contributed by atoms with Gasteiger partial charge in [0.15, 0.2) is 17.4 Å². The first kappa shape index (κ1) is 27.4. The lowest BCUT2D eigenvalue weighted by Crippen LogP contribution is -2.49. The molecule has 0 saturated carbocycles. The molecule has 1 N–H and O–H groups in total. The molecule has 1 aromatic carbocycles. The zero-order chi connectivity index (χ0) is 29.2. The van der Waals surface area contributed by atoms with Crippen molar-refractivity contribution in [1.29, 1.82) is 0 Å². The van der Waals surface area contributed by atoms with E-state index in [9.17, 15) is 14.0 Å². The molecule has 0 aliphatic carbocycles. The number of aryl methyl sites for hydroxylation is 1. The van der Waals surface area contributed by atoms with Crippen molar-refractivity contribution in [1.82, 2.24) is 34.8 Å². The molecule has 1 fully saturated rings. The Morgan fingerprint density at radius 1 is 1.07 bits per heavy atom. The Kier molecular flexibility index (Phi) is 7.55. The Labute approximate surface area is 240 Å². The van der Waals surface area contributed by atoms with Crippen LogP contribution in [0.2, 0.25) is 0 Å². The maximum atomic E-state index is 15.8. The number of pyridine rings is 1. The normalized spacial score (nSPS) is 15.7. The molecule has 0 unspecified atom stereocenters. The van der Waals surface area contributed by atoms with Crippen LogP contribution in [0.15, 0.2) is 48.9 Å². The average molecular weight is 577 g/mol.